The van der Waals surface area contributed by atoms with Gasteiger partial charge in [-0.2, -0.15) is 0 Å². The normalized spacial score (nSPS) is 10.6. The third-order valence-corrected chi connectivity index (χ3v) is 3.76. The smallest absolute Gasteiger partial charge is 0.135 e. The average Bonchev–Trinajstić information content (AvgIpc) is 2.54. The second-order valence-electron chi connectivity index (χ2n) is 5.78. The summed E-state index contributed by atoms with van der Waals surface area (Å²) >= 11 is 0. The number of benzene rings is 3. The molecule has 22 heavy (non-hydrogen) atoms. The highest BCUT2D eigenvalue weighted by Crippen LogP contribution is 2.11. The van der Waals surface area contributed by atoms with Crippen molar-refractivity contribution >= 4 is 22.7 Å². The maximum atomic E-state index is 2.20. The summed E-state index contributed by atoms with van der Waals surface area (Å²) in [6, 6.07) is 25.9. The molecule has 0 aromatic heterocycles. The highest BCUT2D eigenvalue weighted by atomic mass is 14.9. The number of hydrogen-bond donors (Lipinski definition) is 2. The van der Waals surface area contributed by atoms with Crippen LogP contribution < -0.4 is 10.6 Å². The molecule has 0 aliphatic heterocycles. The molecule has 3 rings (SSSR count). The standard InChI is InChI=1S/C20H20N2/c1-15-3-7-17(8-4-15)21-19-11-13-20(14-12-19)22-18-9-5-16(2)6-10-18/h3-14,21-22H,1-2H3/p+2. The molecule has 0 amide bonds. The van der Waals surface area contributed by atoms with E-state index in [4.69, 9.17) is 0 Å². The van der Waals surface area contributed by atoms with E-state index in [9.17, 15) is 0 Å². The minimum Gasteiger partial charge on any atom is -0.282 e. The first-order valence-electron chi connectivity index (χ1n) is 7.62. The predicted octanol–water partition coefficient (Wildman–Crippen LogP) is 3.36. The fourth-order valence-electron chi connectivity index (χ4n) is 2.40. The molecule has 3 aromatic carbocycles. The molecule has 0 unspecified atom stereocenters. The van der Waals surface area contributed by atoms with Crippen LogP contribution in [-0.4, -0.2) is 0 Å². The van der Waals surface area contributed by atoms with Gasteiger partial charge >= 0.3 is 0 Å². The molecule has 3 aromatic rings. The van der Waals surface area contributed by atoms with Gasteiger partial charge in [-0.1, -0.05) is 35.4 Å². The van der Waals surface area contributed by atoms with Crippen LogP contribution in [-0.2, 0) is 0 Å². The zero-order valence-corrected chi connectivity index (χ0v) is 13.1. The van der Waals surface area contributed by atoms with Gasteiger partial charge in [0.25, 0.3) is 0 Å². The van der Waals surface area contributed by atoms with Crippen molar-refractivity contribution in [1.82, 2.24) is 0 Å². The van der Waals surface area contributed by atoms with Crippen LogP contribution in [0.5, 0.6) is 0 Å². The summed E-state index contributed by atoms with van der Waals surface area (Å²) in [6.07, 6.45) is 0. The van der Waals surface area contributed by atoms with Crippen LogP contribution >= 0.6 is 0 Å². The summed E-state index contributed by atoms with van der Waals surface area (Å²) in [7, 11) is 0. The van der Waals surface area contributed by atoms with Crippen LogP contribution in [0.3, 0.4) is 0 Å². The summed E-state index contributed by atoms with van der Waals surface area (Å²) in [6.45, 7) is 4.22. The van der Waals surface area contributed by atoms with Gasteiger partial charge < -0.3 is 0 Å². The molecule has 0 saturated carbocycles. The van der Waals surface area contributed by atoms with Gasteiger partial charge in [-0.3, -0.25) is 10.6 Å². The lowest BCUT2D eigenvalue weighted by atomic mass is 10.2. The highest BCUT2D eigenvalue weighted by molar-refractivity contribution is 5.44. The molecule has 0 fully saturated rings. The van der Waals surface area contributed by atoms with Crippen molar-refractivity contribution in [1.29, 1.82) is 0 Å². The fraction of sp³-hybridized carbons (Fsp3) is 0.100. The number of nitrogens with two attached hydrogens (primary N) is 2. The number of aryl methyl sites for hydroxylation is 2. The first kappa shape index (κ1) is 14.5. The minimum absolute atomic E-state index is 1.23. The summed E-state index contributed by atoms with van der Waals surface area (Å²) in [5.74, 6) is 0. The van der Waals surface area contributed by atoms with Gasteiger partial charge in [0.15, 0.2) is 0 Å². The Labute approximate surface area is 131 Å². The van der Waals surface area contributed by atoms with Gasteiger partial charge in [0.1, 0.15) is 22.7 Å². The lowest BCUT2D eigenvalue weighted by molar-refractivity contribution is -0.483. The zero-order valence-electron chi connectivity index (χ0n) is 13.1. The van der Waals surface area contributed by atoms with E-state index in [-0.39, 0.29) is 0 Å². The Bertz CT molecular complexity index is 660. The molecule has 110 valence electrons. The van der Waals surface area contributed by atoms with Crippen molar-refractivity contribution < 1.29 is 10.6 Å². The van der Waals surface area contributed by atoms with Crippen molar-refractivity contribution in [2.24, 2.45) is 0 Å². The average molecular weight is 290 g/mol. The Hall–Kier alpha value is -2.42. The van der Waals surface area contributed by atoms with Crippen molar-refractivity contribution in [3.63, 3.8) is 0 Å². The number of quaternary nitrogens is 2. The lowest BCUT2D eigenvalue weighted by Crippen LogP contribution is -2.72. The maximum absolute atomic E-state index is 2.20. The Morgan fingerprint density at radius 3 is 0.909 bits per heavy atom. The quantitative estimate of drug-likeness (QED) is 0.691. The number of rotatable bonds is 4. The maximum Gasteiger partial charge on any atom is 0.135 e. The van der Waals surface area contributed by atoms with E-state index in [1.807, 2.05) is 0 Å². The van der Waals surface area contributed by atoms with E-state index >= 15 is 0 Å². The van der Waals surface area contributed by atoms with Gasteiger partial charge in [0, 0.05) is 24.3 Å². The van der Waals surface area contributed by atoms with Crippen LogP contribution in [0.1, 0.15) is 11.1 Å². The van der Waals surface area contributed by atoms with E-state index in [0.717, 1.165) is 0 Å². The molecular weight excluding hydrogens is 268 g/mol. The van der Waals surface area contributed by atoms with Crippen molar-refractivity contribution in [2.45, 2.75) is 13.8 Å². The van der Waals surface area contributed by atoms with Gasteiger partial charge in [0.2, 0.25) is 0 Å². The van der Waals surface area contributed by atoms with Crippen LogP contribution in [0, 0.1) is 13.8 Å². The molecule has 0 radical (unpaired) electrons. The Morgan fingerprint density at radius 1 is 0.409 bits per heavy atom. The molecule has 0 saturated heterocycles. The van der Waals surface area contributed by atoms with Gasteiger partial charge in [0.05, 0.1) is 0 Å². The van der Waals surface area contributed by atoms with Gasteiger partial charge in [-0.15, -0.1) is 0 Å². The molecule has 4 N–H and O–H groups in total. The van der Waals surface area contributed by atoms with Gasteiger partial charge in [-0.25, -0.2) is 0 Å². The summed E-state index contributed by atoms with van der Waals surface area (Å²) < 4.78 is 0. The zero-order chi connectivity index (χ0) is 15.4. The summed E-state index contributed by atoms with van der Waals surface area (Å²) in [5, 5.41) is 4.41. The van der Waals surface area contributed by atoms with Crippen LogP contribution in [0.25, 0.3) is 0 Å². The van der Waals surface area contributed by atoms with Crippen LogP contribution in [0.4, 0.5) is 22.7 Å². The Kier molecular flexibility index (Phi) is 4.33. The van der Waals surface area contributed by atoms with Gasteiger partial charge in [-0.05, 0) is 38.1 Å². The van der Waals surface area contributed by atoms with E-state index in [1.165, 1.54) is 33.9 Å². The van der Waals surface area contributed by atoms with Crippen molar-refractivity contribution in [3.8, 4) is 0 Å². The van der Waals surface area contributed by atoms with Crippen LogP contribution in [0.15, 0.2) is 72.8 Å². The molecule has 0 aliphatic carbocycles. The van der Waals surface area contributed by atoms with Crippen molar-refractivity contribution in [3.05, 3.63) is 83.9 Å². The molecule has 0 aliphatic rings. The van der Waals surface area contributed by atoms with Crippen molar-refractivity contribution in [2.75, 3.05) is 0 Å². The van der Waals surface area contributed by atoms with E-state index in [0.29, 0.717) is 0 Å². The summed E-state index contributed by atoms with van der Waals surface area (Å²) in [5.41, 5.74) is 7.51. The monoisotopic (exact) mass is 290 g/mol. The molecule has 0 atom stereocenters. The summed E-state index contributed by atoms with van der Waals surface area (Å²) in [4.78, 5) is 0. The Morgan fingerprint density at radius 2 is 0.636 bits per heavy atom. The first-order valence-corrected chi connectivity index (χ1v) is 7.62. The first-order chi connectivity index (χ1) is 10.7. The third kappa shape index (κ3) is 3.82. The molecule has 0 heterocycles. The molecule has 2 heteroatoms. The van der Waals surface area contributed by atoms with Crippen LogP contribution in [0.2, 0.25) is 0 Å². The second-order valence-corrected chi connectivity index (χ2v) is 5.78. The highest BCUT2D eigenvalue weighted by Gasteiger charge is 2.04. The minimum atomic E-state index is 1.23. The molecule has 0 bridgehead atoms. The molecule has 0 spiro atoms. The van der Waals surface area contributed by atoms with E-state index < -0.39 is 0 Å². The topological polar surface area (TPSA) is 33.2 Å². The number of hydrogen-bond acceptors (Lipinski definition) is 0. The largest absolute Gasteiger partial charge is 0.282 e. The SMILES string of the molecule is Cc1ccc([NH2+]c2ccc([NH2+]c3ccc(C)cc3)cc2)cc1. The fourth-order valence-corrected chi connectivity index (χ4v) is 2.40. The molecular formula is C20H22N2+2. The second kappa shape index (κ2) is 6.56. The third-order valence-electron chi connectivity index (χ3n) is 3.76. The molecule has 2 nitrogen and oxygen atoms in total. The Balaban J connectivity index is 1.67. The van der Waals surface area contributed by atoms with E-state index in [1.54, 1.807) is 0 Å². The van der Waals surface area contributed by atoms with E-state index in [2.05, 4.69) is 97.3 Å². The predicted molar refractivity (Wildman–Crippen MR) is 91.3 cm³/mol. The lowest BCUT2D eigenvalue weighted by Gasteiger charge is -2.03.